The molecule has 0 fully saturated rings. The lowest BCUT2D eigenvalue weighted by Crippen LogP contribution is -2.22. The van der Waals surface area contributed by atoms with Crippen LogP contribution in [0, 0.1) is 18.0 Å². The molecule has 2 unspecified atom stereocenters. The maximum absolute atomic E-state index is 4.78. The second-order valence-corrected chi connectivity index (χ2v) is 15.4. The first-order valence-corrected chi connectivity index (χ1v) is 21.8. The highest BCUT2D eigenvalue weighted by Gasteiger charge is 2.35. The van der Waals surface area contributed by atoms with Gasteiger partial charge in [-0.25, -0.2) is 0 Å². The van der Waals surface area contributed by atoms with Gasteiger partial charge in [0.05, 0.1) is 5.92 Å². The summed E-state index contributed by atoms with van der Waals surface area (Å²) >= 11 is 0. The molecule has 0 spiro atoms. The van der Waals surface area contributed by atoms with Gasteiger partial charge in [0, 0.05) is 0 Å². The second-order valence-electron chi connectivity index (χ2n) is 15.4. The Balaban J connectivity index is 1.61. The van der Waals surface area contributed by atoms with Crippen LogP contribution in [0.15, 0.2) is 40.3 Å². The maximum atomic E-state index is 4.78. The van der Waals surface area contributed by atoms with Crippen molar-refractivity contribution in [1.82, 2.24) is 0 Å². The molecule has 0 bridgehead atoms. The van der Waals surface area contributed by atoms with Crippen molar-refractivity contribution in [2.45, 2.75) is 226 Å². The molecular formula is C46H81N2+. The Morgan fingerprint density at radius 1 is 0.417 bits per heavy atom. The molecule has 274 valence electrons. The standard InChI is InChI=1S/C46H81N2/c1-3-5-7-9-11-13-15-17-18-19-20-22-24-26-28-30-35-39-45(46-47-40-41-48-46)44(42-43-36-32-31-33-37-43)38-34-29-27-25-23-21-16-14-12-10-8-6-4-2/h31-33,36-37,40-41,44-45H,3-30,34-35,38-39,42H2,1-2H3/q+1. The van der Waals surface area contributed by atoms with Crippen LogP contribution in [0.3, 0.4) is 0 Å². The zero-order chi connectivity index (χ0) is 34.0. The minimum Gasteiger partial charge on any atom is -0.0965 e. The largest absolute Gasteiger partial charge is 0.244 e. The molecule has 0 N–H and O–H groups in total. The molecule has 1 aromatic carbocycles. The summed E-state index contributed by atoms with van der Waals surface area (Å²) in [5, 5.41) is 0. The monoisotopic (exact) mass is 662 g/mol. The normalized spacial score (nSPS) is 13.9. The Kier molecular flexibility index (Phi) is 29.0. The summed E-state index contributed by atoms with van der Waals surface area (Å²) in [7, 11) is 0. The number of hydrogen-bond donors (Lipinski definition) is 0. The van der Waals surface area contributed by atoms with Crippen LogP contribution in [0.25, 0.3) is 0 Å². The molecule has 2 rings (SSSR count). The third kappa shape index (κ3) is 23.7. The van der Waals surface area contributed by atoms with E-state index in [4.69, 9.17) is 9.98 Å². The molecule has 0 aliphatic carbocycles. The van der Waals surface area contributed by atoms with Crippen molar-refractivity contribution in [3.05, 3.63) is 42.1 Å². The van der Waals surface area contributed by atoms with Crippen LogP contribution in [0.1, 0.15) is 225 Å². The van der Waals surface area contributed by atoms with Crippen LogP contribution >= 0.6 is 0 Å². The van der Waals surface area contributed by atoms with Crippen molar-refractivity contribution in [2.24, 2.45) is 21.8 Å². The molecule has 0 radical (unpaired) electrons. The summed E-state index contributed by atoms with van der Waals surface area (Å²) in [5.74, 6) is 1.14. The van der Waals surface area contributed by atoms with E-state index in [1.54, 1.807) is 0 Å². The van der Waals surface area contributed by atoms with Gasteiger partial charge in [0.25, 0.3) is 0 Å². The van der Waals surface area contributed by atoms with E-state index in [0.29, 0.717) is 11.8 Å². The van der Waals surface area contributed by atoms with Crippen molar-refractivity contribution < 1.29 is 0 Å². The molecule has 2 nitrogen and oxygen atoms in total. The van der Waals surface area contributed by atoms with E-state index in [1.165, 1.54) is 211 Å². The number of hydrogen-bond acceptors (Lipinski definition) is 2. The number of rotatable bonds is 36. The average Bonchev–Trinajstić information content (AvgIpc) is 3.65. The Labute approximate surface area is 301 Å². The molecule has 1 aliphatic heterocycles. The lowest BCUT2D eigenvalue weighted by molar-refractivity contribution is 0.284. The van der Waals surface area contributed by atoms with Gasteiger partial charge in [-0.05, 0) is 30.7 Å². The van der Waals surface area contributed by atoms with Gasteiger partial charge in [-0.3, -0.25) is 0 Å². The van der Waals surface area contributed by atoms with Crippen LogP contribution < -0.4 is 0 Å². The lowest BCUT2D eigenvalue weighted by atomic mass is 9.78. The zero-order valence-corrected chi connectivity index (χ0v) is 32.4. The molecule has 1 aromatic rings. The van der Waals surface area contributed by atoms with E-state index in [9.17, 15) is 0 Å². The van der Waals surface area contributed by atoms with Crippen molar-refractivity contribution in [2.75, 3.05) is 0 Å². The first-order chi connectivity index (χ1) is 23.8. The van der Waals surface area contributed by atoms with Gasteiger partial charge in [-0.2, -0.15) is 0 Å². The van der Waals surface area contributed by atoms with Crippen molar-refractivity contribution in [3.63, 3.8) is 0 Å². The number of aliphatic imine (C=N–C) groups is 2. The fraction of sp³-hybridized carbons (Fsp3) is 0.804. The predicted octanol–water partition coefficient (Wildman–Crippen LogP) is 15.6. The van der Waals surface area contributed by atoms with E-state index in [2.05, 4.69) is 44.2 Å². The quantitative estimate of drug-likeness (QED) is 0.0505. The minimum absolute atomic E-state index is 0.494. The van der Waals surface area contributed by atoms with Gasteiger partial charge in [0.15, 0.2) is 12.4 Å². The van der Waals surface area contributed by atoms with Gasteiger partial charge in [0.2, 0.25) is 6.17 Å². The molecule has 1 aliphatic rings. The molecule has 0 aromatic heterocycles. The van der Waals surface area contributed by atoms with Gasteiger partial charge in [-0.1, -0.05) is 247 Å². The first-order valence-electron chi connectivity index (χ1n) is 21.8. The van der Waals surface area contributed by atoms with E-state index in [-0.39, 0.29) is 0 Å². The van der Waals surface area contributed by atoms with Gasteiger partial charge in [0.1, 0.15) is 0 Å². The molecule has 0 amide bonds. The molecule has 48 heavy (non-hydrogen) atoms. The number of benzene rings is 1. The third-order valence-corrected chi connectivity index (χ3v) is 11.0. The topological polar surface area (TPSA) is 24.7 Å². The van der Waals surface area contributed by atoms with E-state index >= 15 is 0 Å². The van der Waals surface area contributed by atoms with Crippen molar-refractivity contribution in [1.29, 1.82) is 0 Å². The number of unbranched alkanes of at least 4 members (excludes halogenated alkanes) is 28. The lowest BCUT2D eigenvalue weighted by Gasteiger charge is -2.26. The van der Waals surface area contributed by atoms with E-state index in [1.807, 2.05) is 12.4 Å². The molecule has 1 heterocycles. The maximum Gasteiger partial charge on any atom is 0.244 e. The van der Waals surface area contributed by atoms with Crippen LogP contribution in [0.4, 0.5) is 0 Å². The highest BCUT2D eigenvalue weighted by molar-refractivity contribution is 6.18. The first kappa shape index (κ1) is 42.6. The molecule has 2 heteroatoms. The minimum atomic E-state index is 0.494. The summed E-state index contributed by atoms with van der Waals surface area (Å²) in [4.78, 5) is 9.55. The Hall–Kier alpha value is -1.57. The summed E-state index contributed by atoms with van der Waals surface area (Å²) in [6.45, 7) is 4.62. The van der Waals surface area contributed by atoms with Crippen LogP contribution in [0.5, 0.6) is 0 Å². The van der Waals surface area contributed by atoms with Crippen molar-refractivity contribution >= 4 is 12.4 Å². The molecule has 0 saturated heterocycles. The van der Waals surface area contributed by atoms with Gasteiger partial charge < -0.3 is 0 Å². The van der Waals surface area contributed by atoms with E-state index < -0.39 is 0 Å². The SMILES string of the molecule is CCCCCCCCCCCCCCCCCCCC([C+]1N=CC=N1)C(CCCCCCCCCCCCCCC)Cc1ccccc1. The van der Waals surface area contributed by atoms with Crippen LogP contribution in [0.2, 0.25) is 0 Å². The van der Waals surface area contributed by atoms with Gasteiger partial charge in [-0.15, -0.1) is 0 Å². The van der Waals surface area contributed by atoms with Crippen molar-refractivity contribution in [3.8, 4) is 0 Å². The Bertz CT molecular complexity index is 833. The molecule has 2 atom stereocenters. The number of nitrogens with zero attached hydrogens (tertiary/aromatic N) is 2. The zero-order valence-electron chi connectivity index (χ0n) is 32.4. The highest BCUT2D eigenvalue weighted by Crippen LogP contribution is 2.37. The van der Waals surface area contributed by atoms with Crippen LogP contribution in [-0.2, 0) is 6.42 Å². The second kappa shape index (κ2) is 32.6. The van der Waals surface area contributed by atoms with Crippen LogP contribution in [-0.4, -0.2) is 12.4 Å². The third-order valence-electron chi connectivity index (χ3n) is 11.0. The smallest absolute Gasteiger partial charge is 0.0965 e. The Morgan fingerprint density at radius 3 is 1.12 bits per heavy atom. The summed E-state index contributed by atoms with van der Waals surface area (Å²) in [6.07, 6.45) is 51.5. The summed E-state index contributed by atoms with van der Waals surface area (Å²) in [5.41, 5.74) is 1.48. The fourth-order valence-corrected chi connectivity index (χ4v) is 7.90. The predicted molar refractivity (Wildman–Crippen MR) is 216 cm³/mol. The fourth-order valence-electron chi connectivity index (χ4n) is 7.90. The summed E-state index contributed by atoms with van der Waals surface area (Å²) in [6, 6.07) is 11.2. The average molecular weight is 662 g/mol. The van der Waals surface area contributed by atoms with E-state index in [0.717, 1.165) is 12.6 Å². The Morgan fingerprint density at radius 2 is 0.750 bits per heavy atom. The van der Waals surface area contributed by atoms with Gasteiger partial charge >= 0.3 is 0 Å². The molecule has 0 saturated carbocycles. The molecular weight excluding hydrogens is 581 g/mol. The highest BCUT2D eigenvalue weighted by atomic mass is 15.0. The summed E-state index contributed by atoms with van der Waals surface area (Å²) < 4.78 is 0.